The van der Waals surface area contributed by atoms with Crippen LogP contribution < -0.4 is 11.1 Å². The largest absolute Gasteiger partial charge is 0.437 e. The number of fused-ring (bicyclic) bond motifs is 3. The van der Waals surface area contributed by atoms with E-state index in [-0.39, 0.29) is 24.3 Å². The van der Waals surface area contributed by atoms with E-state index < -0.39 is 6.61 Å². The van der Waals surface area contributed by atoms with Gasteiger partial charge in [0.05, 0.1) is 37.5 Å². The number of halogens is 2. The lowest BCUT2D eigenvalue weighted by Gasteiger charge is -2.38. The molecular weight excluding hydrogens is 434 g/mol. The number of dihydropyridines is 1. The number of hydrogen-bond donors (Lipinski definition) is 2. The highest BCUT2D eigenvalue weighted by Crippen LogP contribution is 2.29. The number of carbonyl (C=O) groups is 1. The molecule has 0 aliphatic carbocycles. The van der Waals surface area contributed by atoms with E-state index in [9.17, 15) is 13.6 Å². The summed E-state index contributed by atoms with van der Waals surface area (Å²) >= 11 is 0. The van der Waals surface area contributed by atoms with Crippen molar-refractivity contribution in [2.75, 3.05) is 32.0 Å². The standard InChI is InChI=1S/C22H22F2N6O3/c1-29-19-15(10-27-29)14-8-12(2-4-16(14)28-20(19)25)21(31)30-6-7-32-11-18(30)17-5-3-13(9-26-17)33-22(23)24/h2-5,8,10,18,22,26H,6-7,9,11H2,1H3,(H2,25,28)/t18-/m1/s1. The van der Waals surface area contributed by atoms with Crippen molar-refractivity contribution in [3.8, 4) is 0 Å². The van der Waals surface area contributed by atoms with Crippen molar-refractivity contribution in [3.63, 3.8) is 0 Å². The normalized spacial score (nSPS) is 18.9. The molecule has 0 radical (unpaired) electrons. The summed E-state index contributed by atoms with van der Waals surface area (Å²) in [5.41, 5.74) is 8.68. The number of aryl methyl sites for hydroxylation is 1. The topological polar surface area (TPSA) is 108 Å². The van der Waals surface area contributed by atoms with Crippen LogP contribution >= 0.6 is 0 Å². The molecule has 3 aromatic rings. The zero-order valence-electron chi connectivity index (χ0n) is 17.8. The molecule has 0 spiro atoms. The number of allylic oxidation sites excluding steroid dienone is 2. The smallest absolute Gasteiger partial charge is 0.387 e. The summed E-state index contributed by atoms with van der Waals surface area (Å²) in [6.45, 7) is -1.68. The minimum atomic E-state index is -2.88. The number of aromatic nitrogens is 3. The van der Waals surface area contributed by atoms with E-state index in [1.54, 1.807) is 47.1 Å². The number of nitrogens with one attached hydrogen (secondary N) is 1. The summed E-state index contributed by atoms with van der Waals surface area (Å²) in [4.78, 5) is 19.7. The molecule has 1 aromatic carbocycles. The second-order valence-corrected chi connectivity index (χ2v) is 7.84. The SMILES string of the molecule is Cn1ncc2c3cc(C(=O)N4CCOC[C@@H]4C4=CC=C(OC(F)F)CN4)ccc3nc(N)c21. The maximum Gasteiger partial charge on any atom is 0.387 e. The van der Waals surface area contributed by atoms with Crippen molar-refractivity contribution in [2.45, 2.75) is 12.7 Å². The number of rotatable bonds is 4. The Balaban J connectivity index is 1.47. The van der Waals surface area contributed by atoms with Gasteiger partial charge in [-0.15, -0.1) is 0 Å². The fourth-order valence-electron chi connectivity index (χ4n) is 4.29. The molecular formula is C22H22F2N6O3. The van der Waals surface area contributed by atoms with E-state index in [0.717, 1.165) is 10.8 Å². The fraction of sp³-hybridized carbons (Fsp3) is 0.318. The summed E-state index contributed by atoms with van der Waals surface area (Å²) in [6, 6.07) is 4.92. The van der Waals surface area contributed by atoms with Crippen LogP contribution in [0.3, 0.4) is 0 Å². The van der Waals surface area contributed by atoms with Crippen LogP contribution in [0.4, 0.5) is 14.6 Å². The van der Waals surface area contributed by atoms with Crippen molar-refractivity contribution >= 4 is 33.5 Å². The summed E-state index contributed by atoms with van der Waals surface area (Å²) in [6.07, 6.45) is 4.84. The molecule has 1 amide bonds. The molecule has 9 nitrogen and oxygen atoms in total. The van der Waals surface area contributed by atoms with Crippen LogP contribution in [-0.2, 0) is 16.5 Å². The van der Waals surface area contributed by atoms with Gasteiger partial charge in [0.15, 0.2) is 0 Å². The first-order valence-corrected chi connectivity index (χ1v) is 10.4. The number of hydrogen-bond acceptors (Lipinski definition) is 7. The summed E-state index contributed by atoms with van der Waals surface area (Å²) in [5.74, 6) is 0.342. The van der Waals surface area contributed by atoms with Gasteiger partial charge in [-0.05, 0) is 30.4 Å². The zero-order chi connectivity index (χ0) is 23.1. The predicted octanol–water partition coefficient (Wildman–Crippen LogP) is 2.15. The van der Waals surface area contributed by atoms with Gasteiger partial charge in [0.2, 0.25) is 0 Å². The van der Waals surface area contributed by atoms with Crippen LogP contribution in [0, 0.1) is 0 Å². The number of carbonyl (C=O) groups excluding carboxylic acids is 1. The van der Waals surface area contributed by atoms with Gasteiger partial charge in [-0.1, -0.05) is 0 Å². The van der Waals surface area contributed by atoms with E-state index in [0.29, 0.717) is 47.9 Å². The first-order valence-electron chi connectivity index (χ1n) is 10.4. The molecule has 5 rings (SSSR count). The Morgan fingerprint density at radius 3 is 2.94 bits per heavy atom. The highest BCUT2D eigenvalue weighted by Gasteiger charge is 2.32. The van der Waals surface area contributed by atoms with Crippen LogP contribution in [0.2, 0.25) is 0 Å². The maximum atomic E-state index is 13.5. The molecule has 3 N–H and O–H groups in total. The summed E-state index contributed by atoms with van der Waals surface area (Å²) in [7, 11) is 1.79. The number of anilines is 1. The number of pyridine rings is 1. The number of ether oxygens (including phenoxy) is 2. The Bertz CT molecular complexity index is 1300. The molecule has 4 heterocycles. The highest BCUT2D eigenvalue weighted by atomic mass is 19.3. The number of nitrogens with zero attached hydrogens (tertiary/aromatic N) is 4. The minimum absolute atomic E-state index is 0.108. The third kappa shape index (κ3) is 3.84. The van der Waals surface area contributed by atoms with E-state index in [4.69, 9.17) is 10.5 Å². The van der Waals surface area contributed by atoms with Gasteiger partial charge in [0.25, 0.3) is 5.91 Å². The van der Waals surface area contributed by atoms with Crippen molar-refractivity contribution in [1.29, 1.82) is 0 Å². The van der Waals surface area contributed by atoms with E-state index in [1.807, 2.05) is 0 Å². The molecule has 11 heteroatoms. The van der Waals surface area contributed by atoms with Gasteiger partial charge in [-0.25, -0.2) is 4.98 Å². The van der Waals surface area contributed by atoms with Gasteiger partial charge in [0.1, 0.15) is 17.1 Å². The third-order valence-electron chi connectivity index (χ3n) is 5.86. The van der Waals surface area contributed by atoms with Crippen LogP contribution in [0.15, 0.2) is 48.0 Å². The first-order chi connectivity index (χ1) is 15.9. The molecule has 33 heavy (non-hydrogen) atoms. The van der Waals surface area contributed by atoms with Gasteiger partial charge in [0, 0.05) is 35.6 Å². The van der Waals surface area contributed by atoms with Gasteiger partial charge >= 0.3 is 6.61 Å². The predicted molar refractivity (Wildman–Crippen MR) is 117 cm³/mol. The number of amides is 1. The fourth-order valence-corrected chi connectivity index (χ4v) is 4.29. The molecule has 1 atom stereocenters. The first kappa shape index (κ1) is 21.1. The Labute approximate surface area is 187 Å². The van der Waals surface area contributed by atoms with Gasteiger partial charge in [-0.3, -0.25) is 9.48 Å². The minimum Gasteiger partial charge on any atom is -0.437 e. The lowest BCUT2D eigenvalue weighted by molar-refractivity contribution is -0.0974. The molecule has 0 bridgehead atoms. The lowest BCUT2D eigenvalue weighted by atomic mass is 10.0. The van der Waals surface area contributed by atoms with Crippen molar-refractivity contribution in [3.05, 3.63) is 53.6 Å². The van der Waals surface area contributed by atoms with E-state index >= 15 is 0 Å². The number of alkyl halides is 2. The van der Waals surface area contributed by atoms with Gasteiger partial charge < -0.3 is 25.4 Å². The lowest BCUT2D eigenvalue weighted by Crippen LogP contribution is -2.52. The Morgan fingerprint density at radius 1 is 1.33 bits per heavy atom. The third-order valence-corrected chi connectivity index (χ3v) is 5.86. The second-order valence-electron chi connectivity index (χ2n) is 7.84. The number of nitrogen functional groups attached to an aromatic ring is 1. The number of benzene rings is 1. The van der Waals surface area contributed by atoms with Crippen LogP contribution in [-0.4, -0.2) is 64.5 Å². The van der Waals surface area contributed by atoms with Crippen molar-refractivity contribution in [1.82, 2.24) is 25.0 Å². The summed E-state index contributed by atoms with van der Waals surface area (Å²) in [5, 5.41) is 8.95. The Kier molecular flexibility index (Phi) is 5.33. The molecule has 0 unspecified atom stereocenters. The second kappa shape index (κ2) is 8.32. The quantitative estimate of drug-likeness (QED) is 0.620. The van der Waals surface area contributed by atoms with Crippen LogP contribution in [0.5, 0.6) is 0 Å². The van der Waals surface area contributed by atoms with E-state index in [1.165, 1.54) is 6.08 Å². The molecule has 0 saturated carbocycles. The molecule has 2 aliphatic heterocycles. The maximum absolute atomic E-state index is 13.5. The average molecular weight is 456 g/mol. The molecule has 172 valence electrons. The average Bonchev–Trinajstić information content (AvgIpc) is 3.21. The van der Waals surface area contributed by atoms with Crippen LogP contribution in [0.1, 0.15) is 10.4 Å². The number of nitrogens with two attached hydrogens (primary N) is 1. The number of morpholine rings is 1. The highest BCUT2D eigenvalue weighted by molar-refractivity contribution is 6.10. The molecule has 2 aromatic heterocycles. The Hall–Kier alpha value is -3.73. The van der Waals surface area contributed by atoms with Crippen molar-refractivity contribution in [2.24, 2.45) is 7.05 Å². The molecule has 1 fully saturated rings. The van der Waals surface area contributed by atoms with Gasteiger partial charge in [-0.2, -0.15) is 13.9 Å². The summed E-state index contributed by atoms with van der Waals surface area (Å²) < 4.78 is 36.6. The Morgan fingerprint density at radius 2 is 2.18 bits per heavy atom. The molecule has 1 saturated heterocycles. The van der Waals surface area contributed by atoms with Crippen LogP contribution in [0.25, 0.3) is 21.8 Å². The molecule has 2 aliphatic rings. The van der Waals surface area contributed by atoms with E-state index in [2.05, 4.69) is 20.1 Å². The zero-order valence-corrected chi connectivity index (χ0v) is 17.8. The van der Waals surface area contributed by atoms with Crippen molar-refractivity contribution < 1.29 is 23.0 Å². The monoisotopic (exact) mass is 456 g/mol.